The van der Waals surface area contributed by atoms with Gasteiger partial charge >= 0.3 is 0 Å². The summed E-state index contributed by atoms with van der Waals surface area (Å²) in [5.41, 5.74) is 7.07. The van der Waals surface area contributed by atoms with Crippen LogP contribution in [0.4, 0.5) is 0 Å². The van der Waals surface area contributed by atoms with E-state index in [0.29, 0.717) is 11.8 Å². The Morgan fingerprint density at radius 1 is 0.767 bits per heavy atom. The van der Waals surface area contributed by atoms with Gasteiger partial charge in [-0.15, -0.1) is 0 Å². The summed E-state index contributed by atoms with van der Waals surface area (Å²) >= 11 is 0. The third-order valence-corrected chi connectivity index (χ3v) is 6.07. The molecule has 0 atom stereocenters. The molecule has 5 rings (SSSR count). The molecule has 2 heterocycles. The lowest BCUT2D eigenvalue weighted by Crippen LogP contribution is -2.02. The molecule has 150 valence electrons. The number of para-hydroxylation sites is 1. The van der Waals surface area contributed by atoms with Crippen LogP contribution < -0.4 is 0 Å². The normalized spacial score (nSPS) is 12.1. The number of aromatic nitrogens is 2. The van der Waals surface area contributed by atoms with Gasteiger partial charge in [0.05, 0.1) is 17.4 Å². The van der Waals surface area contributed by atoms with E-state index in [1.807, 2.05) is 18.3 Å². The van der Waals surface area contributed by atoms with Crippen molar-refractivity contribution in [3.63, 3.8) is 0 Å². The Kier molecular flexibility index (Phi) is 4.28. The summed E-state index contributed by atoms with van der Waals surface area (Å²) in [6.45, 7) is 8.99. The lowest BCUT2D eigenvalue weighted by Gasteiger charge is -2.20. The number of aromatic hydroxyl groups is 1. The van der Waals surface area contributed by atoms with Gasteiger partial charge in [0.25, 0.3) is 0 Å². The molecule has 0 aliphatic rings. The zero-order chi connectivity index (χ0) is 21.0. The number of rotatable bonds is 3. The summed E-state index contributed by atoms with van der Waals surface area (Å²) in [4.78, 5) is 4.87. The Balaban J connectivity index is 2.01. The minimum absolute atomic E-state index is 0.259. The van der Waals surface area contributed by atoms with Crippen LogP contribution >= 0.6 is 0 Å². The minimum Gasteiger partial charge on any atom is -0.508 e. The van der Waals surface area contributed by atoms with E-state index in [0.717, 1.165) is 33.0 Å². The summed E-state index contributed by atoms with van der Waals surface area (Å²) < 4.78 is 2.27. The van der Waals surface area contributed by atoms with Crippen LogP contribution in [-0.4, -0.2) is 14.5 Å². The summed E-state index contributed by atoms with van der Waals surface area (Å²) in [6.07, 6.45) is 2.00. The molecule has 0 aliphatic carbocycles. The Labute approximate surface area is 176 Å². The summed E-state index contributed by atoms with van der Waals surface area (Å²) in [6, 6.07) is 20.7. The van der Waals surface area contributed by atoms with Crippen molar-refractivity contribution in [2.75, 3.05) is 0 Å². The molecular weight excluding hydrogens is 368 g/mol. The zero-order valence-electron chi connectivity index (χ0n) is 17.8. The van der Waals surface area contributed by atoms with E-state index in [4.69, 9.17) is 4.98 Å². The highest BCUT2D eigenvalue weighted by Gasteiger charge is 2.21. The molecule has 0 bridgehead atoms. The maximum absolute atomic E-state index is 10.2. The Bertz CT molecular complexity index is 1380. The molecular formula is C27H26N2O. The summed E-state index contributed by atoms with van der Waals surface area (Å²) in [5.74, 6) is 1.06. The van der Waals surface area contributed by atoms with Crippen molar-refractivity contribution in [1.29, 1.82) is 0 Å². The van der Waals surface area contributed by atoms with Crippen LogP contribution in [-0.2, 0) is 0 Å². The van der Waals surface area contributed by atoms with Crippen LogP contribution in [0.2, 0.25) is 0 Å². The molecule has 1 N–H and O–H groups in total. The Morgan fingerprint density at radius 3 is 2.17 bits per heavy atom. The maximum atomic E-state index is 10.2. The molecule has 0 saturated heterocycles. The number of fused-ring (bicyclic) bond motifs is 6. The molecule has 0 spiro atoms. The average molecular weight is 395 g/mol. The topological polar surface area (TPSA) is 37.5 Å². The number of hydrogen-bond acceptors (Lipinski definition) is 2. The van der Waals surface area contributed by atoms with Crippen LogP contribution in [0.3, 0.4) is 0 Å². The summed E-state index contributed by atoms with van der Waals surface area (Å²) in [5, 5.41) is 13.4. The molecule has 5 aromatic rings. The van der Waals surface area contributed by atoms with Crippen molar-refractivity contribution in [2.45, 2.75) is 39.5 Å². The fraction of sp³-hybridized carbons (Fsp3) is 0.222. The zero-order valence-corrected chi connectivity index (χ0v) is 17.8. The lowest BCUT2D eigenvalue weighted by molar-refractivity contribution is 0.476. The average Bonchev–Trinajstić information content (AvgIpc) is 3.18. The fourth-order valence-electron chi connectivity index (χ4n) is 4.66. The van der Waals surface area contributed by atoms with Gasteiger partial charge in [0.15, 0.2) is 0 Å². The molecule has 3 nitrogen and oxygen atoms in total. The van der Waals surface area contributed by atoms with E-state index in [9.17, 15) is 5.11 Å². The van der Waals surface area contributed by atoms with Crippen LogP contribution in [0, 0.1) is 0 Å². The van der Waals surface area contributed by atoms with Gasteiger partial charge in [-0.05, 0) is 52.6 Å². The first kappa shape index (κ1) is 18.7. The van der Waals surface area contributed by atoms with Gasteiger partial charge in [0.2, 0.25) is 0 Å². The number of hydrogen-bond donors (Lipinski definition) is 1. The van der Waals surface area contributed by atoms with Gasteiger partial charge in [-0.25, -0.2) is 4.98 Å². The third kappa shape index (κ3) is 2.69. The Morgan fingerprint density at radius 2 is 1.47 bits per heavy atom. The second-order valence-corrected chi connectivity index (χ2v) is 8.67. The van der Waals surface area contributed by atoms with Gasteiger partial charge in [-0.3, -0.25) is 4.40 Å². The predicted octanol–water partition coefficient (Wildman–Crippen LogP) is 7.26. The summed E-state index contributed by atoms with van der Waals surface area (Å²) in [7, 11) is 0. The number of phenolic OH excluding ortho intramolecular Hbond substituents is 1. The van der Waals surface area contributed by atoms with E-state index in [-0.39, 0.29) is 5.75 Å². The highest BCUT2D eigenvalue weighted by Crippen LogP contribution is 2.39. The van der Waals surface area contributed by atoms with Crippen molar-refractivity contribution in [3.8, 4) is 17.0 Å². The molecule has 0 amide bonds. The first-order chi connectivity index (χ1) is 14.5. The number of nitrogens with zero attached hydrogens (tertiary/aromatic N) is 2. The largest absolute Gasteiger partial charge is 0.508 e. The van der Waals surface area contributed by atoms with Gasteiger partial charge in [0.1, 0.15) is 11.4 Å². The van der Waals surface area contributed by atoms with Crippen LogP contribution in [0.15, 0.2) is 66.9 Å². The molecule has 0 saturated carbocycles. The smallest absolute Gasteiger partial charge is 0.145 e. The quantitative estimate of drug-likeness (QED) is 0.327. The standard InChI is InChI=1S/C27H26N2O/c1-16(2)19-9-7-10-20(17(3)4)26(19)25-15-28-27-23-14-18(30)12-13-21(23)22-8-5-6-11-24(22)29(25)27/h5-17,30H,1-4H3. The number of phenols is 1. The van der Waals surface area contributed by atoms with Crippen molar-refractivity contribution in [2.24, 2.45) is 0 Å². The number of benzene rings is 3. The monoisotopic (exact) mass is 394 g/mol. The first-order valence-corrected chi connectivity index (χ1v) is 10.6. The lowest BCUT2D eigenvalue weighted by atomic mass is 9.87. The van der Waals surface area contributed by atoms with Crippen molar-refractivity contribution in [3.05, 3.63) is 78.0 Å². The van der Waals surface area contributed by atoms with Crippen LogP contribution in [0.1, 0.15) is 50.7 Å². The van der Waals surface area contributed by atoms with E-state index < -0.39 is 0 Å². The van der Waals surface area contributed by atoms with E-state index in [2.05, 4.69) is 74.6 Å². The maximum Gasteiger partial charge on any atom is 0.145 e. The van der Waals surface area contributed by atoms with Gasteiger partial charge < -0.3 is 5.11 Å². The van der Waals surface area contributed by atoms with Crippen molar-refractivity contribution in [1.82, 2.24) is 9.38 Å². The minimum atomic E-state index is 0.259. The number of imidazole rings is 1. The van der Waals surface area contributed by atoms with Crippen molar-refractivity contribution >= 4 is 27.3 Å². The van der Waals surface area contributed by atoms with Crippen LogP contribution in [0.5, 0.6) is 5.75 Å². The van der Waals surface area contributed by atoms with E-state index in [1.54, 1.807) is 6.07 Å². The van der Waals surface area contributed by atoms with Crippen LogP contribution in [0.25, 0.3) is 38.6 Å². The van der Waals surface area contributed by atoms with Gasteiger partial charge in [-0.2, -0.15) is 0 Å². The Hall–Kier alpha value is -3.33. The second-order valence-electron chi connectivity index (χ2n) is 8.67. The number of pyridine rings is 1. The highest BCUT2D eigenvalue weighted by molar-refractivity contribution is 6.12. The second kappa shape index (κ2) is 6.88. The molecule has 30 heavy (non-hydrogen) atoms. The SMILES string of the molecule is CC(C)c1cccc(C(C)C)c1-c1cnc2c3cc(O)ccc3c3ccccc3n12. The third-order valence-electron chi connectivity index (χ3n) is 6.07. The molecule has 3 aromatic carbocycles. The molecule has 0 aliphatic heterocycles. The molecule has 2 aromatic heterocycles. The van der Waals surface area contributed by atoms with Gasteiger partial charge in [-0.1, -0.05) is 64.1 Å². The van der Waals surface area contributed by atoms with E-state index >= 15 is 0 Å². The highest BCUT2D eigenvalue weighted by atomic mass is 16.3. The van der Waals surface area contributed by atoms with E-state index in [1.165, 1.54) is 16.7 Å². The molecule has 0 unspecified atom stereocenters. The molecule has 0 fully saturated rings. The predicted molar refractivity (Wildman–Crippen MR) is 125 cm³/mol. The molecule has 3 heteroatoms. The van der Waals surface area contributed by atoms with Gasteiger partial charge in [0, 0.05) is 16.3 Å². The first-order valence-electron chi connectivity index (χ1n) is 10.6. The van der Waals surface area contributed by atoms with Crippen molar-refractivity contribution < 1.29 is 5.11 Å². The fourth-order valence-corrected chi connectivity index (χ4v) is 4.66. The molecule has 0 radical (unpaired) electrons.